The number of aromatic nitrogens is 2. The largest absolute Gasteiger partial charge is 0.338 e. The molecule has 4 rings (SSSR count). The molecule has 1 aliphatic heterocycles. The van der Waals surface area contributed by atoms with Crippen molar-refractivity contribution in [2.75, 3.05) is 23.7 Å². The maximum absolute atomic E-state index is 13.1. The van der Waals surface area contributed by atoms with Gasteiger partial charge in [-0.1, -0.05) is 5.16 Å². The van der Waals surface area contributed by atoms with Gasteiger partial charge in [-0.25, -0.2) is 4.39 Å². The number of anilines is 2. The van der Waals surface area contributed by atoms with E-state index in [1.807, 2.05) is 0 Å². The van der Waals surface area contributed by atoms with E-state index in [1.165, 1.54) is 19.1 Å². The molecule has 1 unspecified atom stereocenters. The summed E-state index contributed by atoms with van der Waals surface area (Å²) in [6.45, 7) is 3.32. The summed E-state index contributed by atoms with van der Waals surface area (Å²) in [7, 11) is 0. The number of hydrogen-bond donors (Lipinski definition) is 2. The van der Waals surface area contributed by atoms with Crippen molar-refractivity contribution >= 4 is 23.2 Å². The van der Waals surface area contributed by atoms with Gasteiger partial charge in [0.05, 0.1) is 12.5 Å². The predicted octanol–water partition coefficient (Wildman–Crippen LogP) is 3.68. The molecule has 0 bridgehead atoms. The second kappa shape index (κ2) is 9.69. The average molecular weight is 437 g/mol. The maximum Gasteiger partial charge on any atom is 0.241 e. The number of halogens is 1. The van der Waals surface area contributed by atoms with Crippen LogP contribution in [0.4, 0.5) is 15.8 Å². The molecule has 0 saturated carbocycles. The van der Waals surface area contributed by atoms with Crippen LogP contribution in [0.15, 0.2) is 53.1 Å². The quantitative estimate of drug-likeness (QED) is 0.610. The van der Waals surface area contributed by atoms with Crippen LogP contribution in [-0.2, 0) is 16.1 Å². The minimum atomic E-state index is -0.321. The van der Waals surface area contributed by atoms with E-state index < -0.39 is 0 Å². The zero-order valence-corrected chi connectivity index (χ0v) is 17.7. The highest BCUT2D eigenvalue weighted by molar-refractivity contribution is 5.93. The van der Waals surface area contributed by atoms with Crippen LogP contribution in [0.5, 0.6) is 0 Å². The fourth-order valence-electron chi connectivity index (χ4n) is 3.72. The zero-order valence-electron chi connectivity index (χ0n) is 17.7. The Bertz CT molecular complexity index is 1080. The van der Waals surface area contributed by atoms with Gasteiger partial charge in [0, 0.05) is 30.4 Å². The minimum absolute atomic E-state index is 0.0421. The predicted molar refractivity (Wildman–Crippen MR) is 117 cm³/mol. The van der Waals surface area contributed by atoms with Crippen LogP contribution in [0.2, 0.25) is 0 Å². The summed E-state index contributed by atoms with van der Waals surface area (Å²) < 4.78 is 18.5. The van der Waals surface area contributed by atoms with Gasteiger partial charge < -0.3 is 15.2 Å². The molecule has 1 aromatic heterocycles. The van der Waals surface area contributed by atoms with E-state index in [0.29, 0.717) is 41.7 Å². The van der Waals surface area contributed by atoms with Crippen molar-refractivity contribution in [1.82, 2.24) is 15.0 Å². The molecule has 3 aromatic rings. The zero-order chi connectivity index (χ0) is 22.5. The van der Waals surface area contributed by atoms with Gasteiger partial charge in [0.15, 0.2) is 0 Å². The number of carbonyl (C=O) groups is 2. The molecule has 1 saturated heterocycles. The molecule has 2 heterocycles. The molecule has 32 heavy (non-hydrogen) atoms. The van der Waals surface area contributed by atoms with Crippen LogP contribution in [0.3, 0.4) is 0 Å². The normalized spacial score (nSPS) is 16.5. The summed E-state index contributed by atoms with van der Waals surface area (Å²) in [5, 5.41) is 9.62. The van der Waals surface area contributed by atoms with Crippen molar-refractivity contribution in [2.24, 2.45) is 5.92 Å². The first-order valence-electron chi connectivity index (χ1n) is 10.5. The van der Waals surface area contributed by atoms with Crippen LogP contribution in [0.1, 0.15) is 25.7 Å². The van der Waals surface area contributed by atoms with Gasteiger partial charge >= 0.3 is 0 Å². The molecule has 0 radical (unpaired) electrons. The Kier molecular flexibility index (Phi) is 6.55. The van der Waals surface area contributed by atoms with Crippen molar-refractivity contribution in [1.29, 1.82) is 0 Å². The first kappa shape index (κ1) is 21.6. The molecule has 1 fully saturated rings. The molecule has 1 atom stereocenters. The van der Waals surface area contributed by atoms with Gasteiger partial charge in [0.2, 0.25) is 23.5 Å². The van der Waals surface area contributed by atoms with Crippen molar-refractivity contribution in [3.8, 4) is 11.4 Å². The van der Waals surface area contributed by atoms with Crippen molar-refractivity contribution in [3.05, 3.63) is 60.2 Å². The fraction of sp³-hybridized carbons (Fsp3) is 0.304. The van der Waals surface area contributed by atoms with Crippen LogP contribution in [0, 0.1) is 11.7 Å². The number of nitrogens with zero attached hydrogens (tertiary/aromatic N) is 3. The highest BCUT2D eigenvalue weighted by Crippen LogP contribution is 2.22. The SMILES string of the molecule is CC(=O)Nc1ccc(NC(=O)C2CCCN(Cc3nc(-c4ccc(F)cc4)no3)C2)cc1. The van der Waals surface area contributed by atoms with Gasteiger partial charge in [0.25, 0.3) is 0 Å². The Balaban J connectivity index is 1.32. The Morgan fingerprint density at radius 2 is 1.78 bits per heavy atom. The summed E-state index contributed by atoms with van der Waals surface area (Å²) >= 11 is 0. The number of nitrogens with one attached hydrogen (secondary N) is 2. The summed E-state index contributed by atoms with van der Waals surface area (Å²) in [6.07, 6.45) is 1.69. The Hall–Kier alpha value is -3.59. The van der Waals surface area contributed by atoms with Crippen LogP contribution < -0.4 is 10.6 Å². The number of amides is 2. The lowest BCUT2D eigenvalue weighted by Gasteiger charge is -2.30. The molecule has 9 heteroatoms. The van der Waals surface area contributed by atoms with Crippen LogP contribution >= 0.6 is 0 Å². The average Bonchev–Trinajstić information content (AvgIpc) is 3.24. The summed E-state index contributed by atoms with van der Waals surface area (Å²) in [5.41, 5.74) is 2.04. The highest BCUT2D eigenvalue weighted by Gasteiger charge is 2.27. The molecule has 2 aromatic carbocycles. The second-order valence-electron chi connectivity index (χ2n) is 7.84. The lowest BCUT2D eigenvalue weighted by Crippen LogP contribution is -2.40. The highest BCUT2D eigenvalue weighted by atomic mass is 19.1. The third-order valence-electron chi connectivity index (χ3n) is 5.28. The number of benzene rings is 2. The lowest BCUT2D eigenvalue weighted by atomic mass is 9.97. The number of hydrogen-bond acceptors (Lipinski definition) is 6. The second-order valence-corrected chi connectivity index (χ2v) is 7.84. The van der Waals surface area contributed by atoms with E-state index in [9.17, 15) is 14.0 Å². The molecule has 0 aliphatic carbocycles. The third kappa shape index (κ3) is 5.55. The molecule has 2 N–H and O–H groups in total. The van der Waals surface area contributed by atoms with Gasteiger partial charge in [0.1, 0.15) is 5.82 Å². The minimum Gasteiger partial charge on any atom is -0.338 e. The number of piperidine rings is 1. The van der Waals surface area contributed by atoms with E-state index in [-0.39, 0.29) is 23.5 Å². The summed E-state index contributed by atoms with van der Waals surface area (Å²) in [6, 6.07) is 12.9. The topological polar surface area (TPSA) is 100 Å². The molecule has 2 amide bonds. The molecular weight excluding hydrogens is 413 g/mol. The van der Waals surface area contributed by atoms with Crippen molar-refractivity contribution < 1.29 is 18.5 Å². The number of carbonyl (C=O) groups excluding carboxylic acids is 2. The number of rotatable bonds is 6. The van der Waals surface area contributed by atoms with Crippen molar-refractivity contribution in [2.45, 2.75) is 26.3 Å². The van der Waals surface area contributed by atoms with E-state index in [4.69, 9.17) is 4.52 Å². The smallest absolute Gasteiger partial charge is 0.241 e. The monoisotopic (exact) mass is 437 g/mol. The molecule has 166 valence electrons. The van der Waals surface area contributed by atoms with Gasteiger partial charge in [-0.15, -0.1) is 0 Å². The Morgan fingerprint density at radius 3 is 2.47 bits per heavy atom. The molecule has 8 nitrogen and oxygen atoms in total. The van der Waals surface area contributed by atoms with Crippen molar-refractivity contribution in [3.63, 3.8) is 0 Å². The summed E-state index contributed by atoms with van der Waals surface area (Å²) in [4.78, 5) is 30.4. The van der Waals surface area contributed by atoms with Gasteiger partial charge in [-0.2, -0.15) is 4.98 Å². The fourth-order valence-corrected chi connectivity index (χ4v) is 3.72. The van der Waals surface area contributed by atoms with E-state index >= 15 is 0 Å². The first-order chi connectivity index (χ1) is 15.5. The van der Waals surface area contributed by atoms with E-state index in [2.05, 4.69) is 25.7 Å². The molecule has 0 spiro atoms. The van der Waals surface area contributed by atoms with E-state index in [1.54, 1.807) is 36.4 Å². The molecule has 1 aliphatic rings. The number of likely N-dealkylation sites (tertiary alicyclic amines) is 1. The maximum atomic E-state index is 13.1. The van der Waals surface area contributed by atoms with E-state index in [0.717, 1.165) is 19.4 Å². The Morgan fingerprint density at radius 1 is 1.09 bits per heavy atom. The third-order valence-corrected chi connectivity index (χ3v) is 5.28. The first-order valence-corrected chi connectivity index (χ1v) is 10.5. The van der Waals surface area contributed by atoms with Crippen LogP contribution in [-0.4, -0.2) is 39.9 Å². The van der Waals surface area contributed by atoms with Gasteiger partial charge in [-0.05, 0) is 67.9 Å². The molecular formula is C23H24FN5O3. The lowest BCUT2D eigenvalue weighted by molar-refractivity contribution is -0.121. The van der Waals surface area contributed by atoms with Gasteiger partial charge in [-0.3, -0.25) is 14.5 Å². The summed E-state index contributed by atoms with van der Waals surface area (Å²) in [5.74, 6) is 0.208. The van der Waals surface area contributed by atoms with Crippen LogP contribution in [0.25, 0.3) is 11.4 Å². The Labute approximate surface area is 184 Å². The standard InChI is InChI=1S/C23H24FN5O3/c1-15(30)25-19-8-10-20(11-9-19)26-23(31)17-3-2-12-29(13-17)14-21-27-22(28-32-21)16-4-6-18(24)7-5-16/h4-11,17H,2-3,12-14H2,1H3,(H,25,30)(H,26,31).